The molecular formula is C15H24O. The molecule has 3 aliphatic rings. The summed E-state index contributed by atoms with van der Waals surface area (Å²) in [5, 5.41) is 0. The molecule has 1 saturated heterocycles. The molecule has 1 heteroatoms. The van der Waals surface area contributed by atoms with Gasteiger partial charge in [0, 0.05) is 5.92 Å². The van der Waals surface area contributed by atoms with Crippen LogP contribution in [0, 0.1) is 23.7 Å². The van der Waals surface area contributed by atoms with Crippen molar-refractivity contribution in [1.29, 1.82) is 0 Å². The van der Waals surface area contributed by atoms with Crippen molar-refractivity contribution in [3.8, 4) is 0 Å². The highest BCUT2D eigenvalue weighted by Crippen LogP contribution is 2.54. The zero-order chi connectivity index (χ0) is 11.3. The summed E-state index contributed by atoms with van der Waals surface area (Å²) in [5.41, 5.74) is 1.84. The van der Waals surface area contributed by atoms with Crippen molar-refractivity contribution >= 4 is 0 Å². The van der Waals surface area contributed by atoms with Gasteiger partial charge in [0.1, 0.15) is 0 Å². The zero-order valence-electron chi connectivity index (χ0n) is 10.8. The summed E-state index contributed by atoms with van der Waals surface area (Å²) in [4.78, 5) is 0. The Bertz CT molecular complexity index is 311. The van der Waals surface area contributed by atoms with Crippen LogP contribution in [0.4, 0.5) is 0 Å². The van der Waals surface area contributed by atoms with Crippen LogP contribution in [0.25, 0.3) is 0 Å². The van der Waals surface area contributed by atoms with E-state index in [-0.39, 0.29) is 5.60 Å². The molecule has 0 N–H and O–H groups in total. The normalized spacial score (nSPS) is 45.8. The van der Waals surface area contributed by atoms with Crippen LogP contribution in [0.15, 0.2) is 11.6 Å². The molecule has 4 atom stereocenters. The first kappa shape index (κ1) is 10.8. The van der Waals surface area contributed by atoms with Crippen LogP contribution in [-0.2, 0) is 4.74 Å². The molecule has 1 aliphatic heterocycles. The number of hydrogen-bond acceptors (Lipinski definition) is 1. The van der Waals surface area contributed by atoms with E-state index >= 15 is 0 Å². The summed E-state index contributed by atoms with van der Waals surface area (Å²) in [6.45, 7) is 8.16. The molecule has 16 heavy (non-hydrogen) atoms. The lowest BCUT2D eigenvalue weighted by molar-refractivity contribution is -0.160. The number of allylic oxidation sites excluding steroid dienone is 1. The molecule has 2 fully saturated rings. The van der Waals surface area contributed by atoms with Crippen molar-refractivity contribution in [1.82, 2.24) is 0 Å². The van der Waals surface area contributed by atoms with Gasteiger partial charge in [0.25, 0.3) is 0 Å². The van der Waals surface area contributed by atoms with Crippen LogP contribution in [-0.4, -0.2) is 12.2 Å². The standard InChI is InChI=1S/C15H24O/c1-10-8-11(2)14-12(3)13(10)9-16-15(14)6-4-5-7-15/h8,10,12-14H,4-7,9H2,1-3H3/t10-,12+,13+,14+/m0/s1. The minimum absolute atomic E-state index is 0.233. The first-order valence-corrected chi connectivity index (χ1v) is 6.96. The minimum atomic E-state index is 0.233. The third kappa shape index (κ3) is 1.33. The molecule has 0 unspecified atom stereocenters. The fourth-order valence-corrected chi connectivity index (χ4v) is 4.76. The molecule has 1 heterocycles. The van der Waals surface area contributed by atoms with Crippen LogP contribution in [0.2, 0.25) is 0 Å². The van der Waals surface area contributed by atoms with Gasteiger partial charge >= 0.3 is 0 Å². The first-order valence-electron chi connectivity index (χ1n) is 6.96. The summed E-state index contributed by atoms with van der Waals surface area (Å²) in [6, 6.07) is 0. The Balaban J connectivity index is 1.99. The summed E-state index contributed by atoms with van der Waals surface area (Å²) in [7, 11) is 0. The highest BCUT2D eigenvalue weighted by Gasteiger charge is 2.52. The van der Waals surface area contributed by atoms with Crippen molar-refractivity contribution < 1.29 is 4.74 Å². The van der Waals surface area contributed by atoms with E-state index in [2.05, 4.69) is 26.8 Å². The second kappa shape index (κ2) is 3.60. The van der Waals surface area contributed by atoms with E-state index in [1.165, 1.54) is 25.7 Å². The van der Waals surface area contributed by atoms with Crippen LogP contribution in [0.3, 0.4) is 0 Å². The lowest BCUT2D eigenvalue weighted by atomic mass is 9.61. The number of ether oxygens (including phenoxy) is 1. The third-order valence-electron chi connectivity index (χ3n) is 5.47. The van der Waals surface area contributed by atoms with Gasteiger partial charge in [-0.15, -0.1) is 0 Å². The minimum Gasteiger partial charge on any atom is -0.374 e. The molecule has 1 spiro atoms. The fourth-order valence-electron chi connectivity index (χ4n) is 4.76. The van der Waals surface area contributed by atoms with E-state index in [0.29, 0.717) is 11.8 Å². The molecule has 1 saturated carbocycles. The van der Waals surface area contributed by atoms with Crippen LogP contribution in [0.1, 0.15) is 46.5 Å². The van der Waals surface area contributed by atoms with Gasteiger partial charge in [0.15, 0.2) is 0 Å². The van der Waals surface area contributed by atoms with Gasteiger partial charge in [-0.1, -0.05) is 38.3 Å². The van der Waals surface area contributed by atoms with Gasteiger partial charge in [-0.3, -0.25) is 0 Å². The van der Waals surface area contributed by atoms with Crippen molar-refractivity contribution in [2.24, 2.45) is 23.7 Å². The highest BCUT2D eigenvalue weighted by molar-refractivity contribution is 5.21. The predicted octanol–water partition coefficient (Wildman–Crippen LogP) is 3.79. The van der Waals surface area contributed by atoms with Gasteiger partial charge in [-0.25, -0.2) is 0 Å². The summed E-state index contributed by atoms with van der Waals surface area (Å²) >= 11 is 0. The Morgan fingerprint density at radius 1 is 1.25 bits per heavy atom. The van der Waals surface area contributed by atoms with Gasteiger partial charge < -0.3 is 4.74 Å². The van der Waals surface area contributed by atoms with Crippen molar-refractivity contribution in [2.75, 3.05) is 6.61 Å². The quantitative estimate of drug-likeness (QED) is 0.564. The SMILES string of the molecule is CC1=C[C@H](C)[C@H]2COC3(CCCC3)[C@H]1[C@@H]2C. The smallest absolute Gasteiger partial charge is 0.0750 e. The summed E-state index contributed by atoms with van der Waals surface area (Å²) < 4.78 is 6.36. The Labute approximate surface area is 99.3 Å². The first-order chi connectivity index (χ1) is 7.64. The molecule has 0 aromatic heterocycles. The Morgan fingerprint density at radius 2 is 1.94 bits per heavy atom. The van der Waals surface area contributed by atoms with E-state index < -0.39 is 0 Å². The van der Waals surface area contributed by atoms with Gasteiger partial charge in [-0.05, 0) is 37.5 Å². The number of rotatable bonds is 0. The second-order valence-corrected chi connectivity index (χ2v) is 6.35. The lowest BCUT2D eigenvalue weighted by Crippen LogP contribution is -2.53. The van der Waals surface area contributed by atoms with E-state index in [1.54, 1.807) is 5.57 Å². The summed E-state index contributed by atoms with van der Waals surface area (Å²) in [6.07, 6.45) is 7.87. The Kier molecular flexibility index (Phi) is 2.43. The van der Waals surface area contributed by atoms with E-state index in [4.69, 9.17) is 4.74 Å². The largest absolute Gasteiger partial charge is 0.374 e. The lowest BCUT2D eigenvalue weighted by Gasteiger charge is -2.53. The molecule has 0 amide bonds. The molecule has 90 valence electrons. The van der Waals surface area contributed by atoms with Crippen molar-refractivity contribution in [3.63, 3.8) is 0 Å². The average molecular weight is 220 g/mol. The van der Waals surface area contributed by atoms with Gasteiger partial charge in [-0.2, -0.15) is 0 Å². The van der Waals surface area contributed by atoms with E-state index in [1.807, 2.05) is 0 Å². The van der Waals surface area contributed by atoms with Crippen LogP contribution >= 0.6 is 0 Å². The molecule has 0 aromatic carbocycles. The van der Waals surface area contributed by atoms with Gasteiger partial charge in [0.2, 0.25) is 0 Å². The predicted molar refractivity (Wildman–Crippen MR) is 66.2 cm³/mol. The zero-order valence-corrected chi connectivity index (χ0v) is 10.8. The number of fused-ring (bicyclic) bond motifs is 3. The maximum atomic E-state index is 6.36. The monoisotopic (exact) mass is 220 g/mol. The average Bonchev–Trinajstić information content (AvgIpc) is 2.65. The molecule has 2 aliphatic carbocycles. The van der Waals surface area contributed by atoms with E-state index in [9.17, 15) is 0 Å². The maximum absolute atomic E-state index is 6.36. The molecule has 0 aromatic rings. The number of hydrogen-bond donors (Lipinski definition) is 0. The van der Waals surface area contributed by atoms with Crippen molar-refractivity contribution in [3.05, 3.63) is 11.6 Å². The molecule has 3 rings (SSSR count). The van der Waals surface area contributed by atoms with E-state index in [0.717, 1.165) is 18.4 Å². The highest BCUT2D eigenvalue weighted by atomic mass is 16.5. The van der Waals surface area contributed by atoms with Crippen LogP contribution < -0.4 is 0 Å². The fraction of sp³-hybridized carbons (Fsp3) is 0.867. The molecule has 0 radical (unpaired) electrons. The second-order valence-electron chi connectivity index (χ2n) is 6.35. The molecule has 1 nitrogen and oxygen atoms in total. The van der Waals surface area contributed by atoms with Crippen molar-refractivity contribution in [2.45, 2.75) is 52.1 Å². The molecule has 2 bridgehead atoms. The topological polar surface area (TPSA) is 9.23 Å². The third-order valence-corrected chi connectivity index (χ3v) is 5.47. The summed E-state index contributed by atoms with van der Waals surface area (Å²) in [5.74, 6) is 3.02. The maximum Gasteiger partial charge on any atom is 0.0750 e. The van der Waals surface area contributed by atoms with Crippen LogP contribution in [0.5, 0.6) is 0 Å². The molecular weight excluding hydrogens is 196 g/mol. The Morgan fingerprint density at radius 3 is 2.62 bits per heavy atom. The Hall–Kier alpha value is -0.300. The van der Waals surface area contributed by atoms with Gasteiger partial charge in [0.05, 0.1) is 12.2 Å².